The maximum atomic E-state index is 13.1. The maximum absolute atomic E-state index is 13.1. The van der Waals surface area contributed by atoms with Crippen molar-refractivity contribution in [2.24, 2.45) is 0 Å². The highest BCUT2D eigenvalue weighted by atomic mass is 79.9. The van der Waals surface area contributed by atoms with Crippen molar-refractivity contribution in [3.8, 4) is 0 Å². The Balaban J connectivity index is 2.43. The van der Waals surface area contributed by atoms with Gasteiger partial charge < -0.3 is 0 Å². The van der Waals surface area contributed by atoms with E-state index in [4.69, 9.17) is 0 Å². The van der Waals surface area contributed by atoms with Gasteiger partial charge in [-0.05, 0) is 36.8 Å². The SMILES string of the molecule is Cc1ccc(Br)cc1S(=O)(=O)Nc1cc(F)cc(F)c1. The molecule has 0 radical (unpaired) electrons. The average Bonchev–Trinajstić information content (AvgIpc) is 2.30. The first kappa shape index (κ1) is 14.9. The second-order valence-corrected chi connectivity index (χ2v) is 6.74. The molecule has 0 unspecified atom stereocenters. The molecule has 0 aliphatic carbocycles. The monoisotopic (exact) mass is 361 g/mol. The summed E-state index contributed by atoms with van der Waals surface area (Å²) in [7, 11) is -3.91. The Bertz CT molecular complexity index is 743. The van der Waals surface area contributed by atoms with Crippen LogP contribution in [-0.2, 0) is 10.0 Å². The highest BCUT2D eigenvalue weighted by Gasteiger charge is 2.18. The second kappa shape index (κ2) is 5.49. The van der Waals surface area contributed by atoms with Crippen LogP contribution in [0.15, 0.2) is 45.8 Å². The molecule has 0 spiro atoms. The number of nitrogens with one attached hydrogen (secondary N) is 1. The van der Waals surface area contributed by atoms with Crippen LogP contribution in [0.5, 0.6) is 0 Å². The van der Waals surface area contributed by atoms with Gasteiger partial charge in [-0.1, -0.05) is 22.0 Å². The van der Waals surface area contributed by atoms with Gasteiger partial charge in [0.05, 0.1) is 10.6 Å². The molecule has 0 aromatic heterocycles. The van der Waals surface area contributed by atoms with Gasteiger partial charge in [0.15, 0.2) is 0 Å². The third-order valence-corrected chi connectivity index (χ3v) is 4.57. The minimum atomic E-state index is -3.91. The van der Waals surface area contributed by atoms with E-state index in [-0.39, 0.29) is 10.6 Å². The molecule has 0 aliphatic rings. The minimum Gasteiger partial charge on any atom is -0.279 e. The molecule has 106 valence electrons. The summed E-state index contributed by atoms with van der Waals surface area (Å²) in [5.41, 5.74) is 0.361. The number of anilines is 1. The zero-order chi connectivity index (χ0) is 14.9. The zero-order valence-corrected chi connectivity index (χ0v) is 12.7. The van der Waals surface area contributed by atoms with Crippen molar-refractivity contribution >= 4 is 31.6 Å². The molecule has 0 bridgehead atoms. The molecular formula is C13H10BrF2NO2S. The molecule has 0 aliphatic heterocycles. The van der Waals surface area contributed by atoms with E-state index < -0.39 is 21.7 Å². The predicted octanol–water partition coefficient (Wildman–Crippen LogP) is 3.84. The molecule has 3 nitrogen and oxygen atoms in total. The molecule has 2 aromatic carbocycles. The normalized spacial score (nSPS) is 11.4. The number of rotatable bonds is 3. The minimum absolute atomic E-state index is 0.0385. The molecule has 2 rings (SSSR count). The fraction of sp³-hybridized carbons (Fsp3) is 0.0769. The van der Waals surface area contributed by atoms with E-state index in [9.17, 15) is 17.2 Å². The quantitative estimate of drug-likeness (QED) is 0.902. The van der Waals surface area contributed by atoms with Crippen molar-refractivity contribution in [3.63, 3.8) is 0 Å². The first-order valence-electron chi connectivity index (χ1n) is 5.53. The summed E-state index contributed by atoms with van der Waals surface area (Å²) in [5.74, 6) is -1.71. The molecule has 2 aromatic rings. The van der Waals surface area contributed by atoms with Gasteiger partial charge in [0.1, 0.15) is 11.6 Å². The standard InChI is InChI=1S/C13H10BrF2NO2S/c1-8-2-3-9(14)4-13(8)20(18,19)17-12-6-10(15)5-11(16)7-12/h2-7,17H,1H3. The third-order valence-electron chi connectivity index (χ3n) is 2.55. The van der Waals surface area contributed by atoms with Crippen molar-refractivity contribution < 1.29 is 17.2 Å². The van der Waals surface area contributed by atoms with Gasteiger partial charge >= 0.3 is 0 Å². The van der Waals surface area contributed by atoms with Crippen LogP contribution in [0.1, 0.15) is 5.56 Å². The van der Waals surface area contributed by atoms with Crippen molar-refractivity contribution in [1.29, 1.82) is 0 Å². The summed E-state index contributed by atoms with van der Waals surface area (Å²) in [6.45, 7) is 1.63. The highest BCUT2D eigenvalue weighted by molar-refractivity contribution is 9.10. The molecule has 0 saturated heterocycles. The number of benzene rings is 2. The smallest absolute Gasteiger partial charge is 0.262 e. The number of aryl methyl sites for hydroxylation is 1. The van der Waals surface area contributed by atoms with E-state index in [1.807, 2.05) is 0 Å². The van der Waals surface area contributed by atoms with Gasteiger partial charge in [0.2, 0.25) is 0 Å². The topological polar surface area (TPSA) is 46.2 Å². The van der Waals surface area contributed by atoms with E-state index in [2.05, 4.69) is 20.7 Å². The molecule has 0 amide bonds. The first-order valence-corrected chi connectivity index (χ1v) is 7.80. The zero-order valence-electron chi connectivity index (χ0n) is 10.3. The lowest BCUT2D eigenvalue weighted by Crippen LogP contribution is -2.14. The Hall–Kier alpha value is -1.47. The number of sulfonamides is 1. The summed E-state index contributed by atoms with van der Waals surface area (Å²) in [5, 5.41) is 0. The van der Waals surface area contributed by atoms with Crippen LogP contribution in [0.3, 0.4) is 0 Å². The van der Waals surface area contributed by atoms with E-state index in [1.54, 1.807) is 19.1 Å². The molecule has 0 heterocycles. The van der Waals surface area contributed by atoms with E-state index in [0.29, 0.717) is 16.1 Å². The Morgan fingerprint density at radius 2 is 1.65 bits per heavy atom. The summed E-state index contributed by atoms with van der Waals surface area (Å²) in [6, 6.07) is 7.25. The largest absolute Gasteiger partial charge is 0.279 e. The number of halogens is 3. The molecule has 1 N–H and O–H groups in total. The fourth-order valence-electron chi connectivity index (χ4n) is 1.69. The van der Waals surface area contributed by atoms with Gasteiger partial charge in [-0.2, -0.15) is 0 Å². The second-order valence-electron chi connectivity index (χ2n) is 4.17. The van der Waals surface area contributed by atoms with Gasteiger partial charge in [-0.25, -0.2) is 17.2 Å². The molecule has 0 saturated carbocycles. The predicted molar refractivity (Wildman–Crippen MR) is 76.0 cm³/mol. The lowest BCUT2D eigenvalue weighted by molar-refractivity contribution is 0.584. The first-order chi connectivity index (χ1) is 9.28. The van der Waals surface area contributed by atoms with Gasteiger partial charge in [-0.15, -0.1) is 0 Å². The summed E-state index contributed by atoms with van der Waals surface area (Å²) < 4.78 is 53.3. The lowest BCUT2D eigenvalue weighted by Gasteiger charge is -2.11. The van der Waals surface area contributed by atoms with Crippen LogP contribution in [0.25, 0.3) is 0 Å². The third kappa shape index (κ3) is 3.34. The van der Waals surface area contributed by atoms with Crippen LogP contribution >= 0.6 is 15.9 Å². The van der Waals surface area contributed by atoms with Crippen LogP contribution in [-0.4, -0.2) is 8.42 Å². The Morgan fingerprint density at radius 3 is 2.25 bits per heavy atom. The van der Waals surface area contributed by atoms with E-state index in [0.717, 1.165) is 12.1 Å². The van der Waals surface area contributed by atoms with Crippen molar-refractivity contribution in [2.75, 3.05) is 4.72 Å². The molecule has 0 fully saturated rings. The van der Waals surface area contributed by atoms with Crippen molar-refractivity contribution in [2.45, 2.75) is 11.8 Å². The van der Waals surface area contributed by atoms with E-state index >= 15 is 0 Å². The highest BCUT2D eigenvalue weighted by Crippen LogP contribution is 2.23. The van der Waals surface area contributed by atoms with Crippen LogP contribution in [0.4, 0.5) is 14.5 Å². The molecule has 0 atom stereocenters. The summed E-state index contributed by atoms with van der Waals surface area (Å²) >= 11 is 3.19. The molecule has 7 heteroatoms. The van der Waals surface area contributed by atoms with Crippen LogP contribution < -0.4 is 4.72 Å². The Kier molecular flexibility index (Phi) is 4.10. The number of hydrogen-bond donors (Lipinski definition) is 1. The Labute approximate surface area is 123 Å². The van der Waals surface area contributed by atoms with E-state index in [1.165, 1.54) is 6.07 Å². The van der Waals surface area contributed by atoms with Gasteiger partial charge in [0, 0.05) is 10.5 Å². The number of hydrogen-bond acceptors (Lipinski definition) is 2. The van der Waals surface area contributed by atoms with Crippen LogP contribution in [0, 0.1) is 18.6 Å². The Morgan fingerprint density at radius 1 is 1.05 bits per heavy atom. The van der Waals surface area contributed by atoms with Crippen molar-refractivity contribution in [3.05, 3.63) is 58.1 Å². The average molecular weight is 362 g/mol. The lowest BCUT2D eigenvalue weighted by atomic mass is 10.2. The van der Waals surface area contributed by atoms with Gasteiger partial charge in [0.25, 0.3) is 10.0 Å². The van der Waals surface area contributed by atoms with Crippen LogP contribution in [0.2, 0.25) is 0 Å². The van der Waals surface area contributed by atoms with Crippen molar-refractivity contribution in [1.82, 2.24) is 0 Å². The fourth-order valence-corrected chi connectivity index (χ4v) is 3.51. The summed E-state index contributed by atoms with van der Waals surface area (Å²) in [4.78, 5) is 0.0385. The van der Waals surface area contributed by atoms with Gasteiger partial charge in [-0.3, -0.25) is 4.72 Å². The molecule has 20 heavy (non-hydrogen) atoms. The maximum Gasteiger partial charge on any atom is 0.262 e. The summed E-state index contributed by atoms with van der Waals surface area (Å²) in [6.07, 6.45) is 0. The molecular weight excluding hydrogens is 352 g/mol.